The van der Waals surface area contributed by atoms with Crippen LogP contribution in [0.15, 0.2) is 47.3 Å². The minimum atomic E-state index is -0.244. The van der Waals surface area contributed by atoms with E-state index in [1.54, 1.807) is 43.4 Å². The van der Waals surface area contributed by atoms with Crippen molar-refractivity contribution < 1.29 is 14.3 Å². The summed E-state index contributed by atoms with van der Waals surface area (Å²) in [7, 11) is 3.12. The number of carbonyl (C=O) groups excluding carboxylic acids is 1. The van der Waals surface area contributed by atoms with E-state index in [1.807, 2.05) is 18.2 Å². The van der Waals surface area contributed by atoms with Crippen LogP contribution in [0.3, 0.4) is 0 Å². The van der Waals surface area contributed by atoms with Crippen LogP contribution < -0.4 is 20.3 Å². The van der Waals surface area contributed by atoms with E-state index in [0.717, 1.165) is 36.6 Å². The van der Waals surface area contributed by atoms with E-state index in [0.29, 0.717) is 34.1 Å². The monoisotopic (exact) mass is 483 g/mol. The number of ether oxygens (including phenoxy) is 2. The first-order chi connectivity index (χ1) is 16.5. The number of nitrogens with zero attached hydrogens (tertiary/aromatic N) is 1. The van der Waals surface area contributed by atoms with Gasteiger partial charge in [-0.05, 0) is 42.7 Å². The van der Waals surface area contributed by atoms with E-state index in [2.05, 4.69) is 10.3 Å². The molecule has 0 aliphatic heterocycles. The topological polar surface area (TPSA) is 83.7 Å². The summed E-state index contributed by atoms with van der Waals surface area (Å²) in [5.41, 5.74) is 1.83. The third-order valence-electron chi connectivity index (χ3n) is 6.29. The fourth-order valence-corrected chi connectivity index (χ4v) is 4.55. The lowest BCUT2D eigenvalue weighted by Gasteiger charge is -2.28. The van der Waals surface area contributed by atoms with E-state index in [-0.39, 0.29) is 24.2 Å². The maximum Gasteiger partial charge on any atom is 0.318 e. The number of aromatic nitrogens is 1. The zero-order valence-corrected chi connectivity index (χ0v) is 20.3. The van der Waals surface area contributed by atoms with Crippen molar-refractivity contribution in [2.75, 3.05) is 14.2 Å². The molecule has 2 N–H and O–H groups in total. The van der Waals surface area contributed by atoms with Crippen molar-refractivity contribution >= 4 is 28.5 Å². The Kier molecular flexibility index (Phi) is 7.63. The largest absolute Gasteiger partial charge is 0.493 e. The number of rotatable bonds is 7. The molecule has 180 valence electrons. The lowest BCUT2D eigenvalue weighted by atomic mass is 9.96. The highest BCUT2D eigenvalue weighted by Gasteiger charge is 2.22. The number of nitrogens with one attached hydrogen (secondary N) is 2. The van der Waals surface area contributed by atoms with Gasteiger partial charge in [-0.15, -0.1) is 0 Å². The number of methoxy groups -OCH3 is 2. The molecule has 0 radical (unpaired) electrons. The molecule has 3 aromatic rings. The van der Waals surface area contributed by atoms with Gasteiger partial charge in [-0.25, -0.2) is 4.79 Å². The Morgan fingerprint density at radius 3 is 2.38 bits per heavy atom. The number of H-pyrrole nitrogens is 1. The Morgan fingerprint density at radius 1 is 1.03 bits per heavy atom. The molecule has 7 nitrogen and oxygen atoms in total. The van der Waals surface area contributed by atoms with Crippen molar-refractivity contribution in [1.29, 1.82) is 0 Å². The lowest BCUT2D eigenvalue weighted by molar-refractivity contribution is 0.184. The zero-order chi connectivity index (χ0) is 24.1. The van der Waals surface area contributed by atoms with Gasteiger partial charge in [-0.1, -0.05) is 43.0 Å². The molecule has 4 rings (SSSR count). The second-order valence-corrected chi connectivity index (χ2v) is 9.12. The molecular weight excluding hydrogens is 454 g/mol. The molecule has 0 atom stereocenters. The van der Waals surface area contributed by atoms with E-state index < -0.39 is 0 Å². The first kappa shape index (κ1) is 24.0. The fraction of sp³-hybridized carbons (Fsp3) is 0.385. The Bertz CT molecular complexity index is 1200. The smallest absolute Gasteiger partial charge is 0.318 e. The number of amides is 2. The van der Waals surface area contributed by atoms with Gasteiger partial charge >= 0.3 is 6.03 Å². The van der Waals surface area contributed by atoms with Crippen LogP contribution in [-0.2, 0) is 13.1 Å². The van der Waals surface area contributed by atoms with Gasteiger partial charge in [0.05, 0.1) is 26.3 Å². The number of fused-ring (bicyclic) bond motifs is 1. The second kappa shape index (κ2) is 10.8. The van der Waals surface area contributed by atoms with Crippen molar-refractivity contribution in [1.82, 2.24) is 15.2 Å². The number of benzene rings is 2. The molecule has 0 saturated heterocycles. The van der Waals surface area contributed by atoms with Crippen LogP contribution in [0.1, 0.15) is 43.2 Å². The van der Waals surface area contributed by atoms with Gasteiger partial charge in [0.15, 0.2) is 11.5 Å². The number of pyridine rings is 1. The number of aromatic amines is 1. The van der Waals surface area contributed by atoms with Crippen LogP contribution >= 0.6 is 11.6 Å². The number of urea groups is 1. The standard InChI is InChI=1S/C26H30ClN3O4/c1-33-23-13-18-12-19(25(31)29-22(18)14-24(23)34-2)16-30(15-17-8-10-20(27)11-9-17)26(32)28-21-6-4-3-5-7-21/h8-14,21H,3-7,15-16H2,1-2H3,(H,28,32)(H,29,31). The maximum atomic E-state index is 13.3. The van der Waals surface area contributed by atoms with Gasteiger partial charge in [0.1, 0.15) is 0 Å². The average molecular weight is 484 g/mol. The summed E-state index contributed by atoms with van der Waals surface area (Å²) >= 11 is 6.03. The zero-order valence-electron chi connectivity index (χ0n) is 19.5. The fourth-order valence-electron chi connectivity index (χ4n) is 4.42. The minimum Gasteiger partial charge on any atom is -0.493 e. The first-order valence-corrected chi connectivity index (χ1v) is 11.9. The average Bonchev–Trinajstić information content (AvgIpc) is 2.85. The van der Waals surface area contributed by atoms with Gasteiger partial charge in [-0.3, -0.25) is 4.79 Å². The van der Waals surface area contributed by atoms with Crippen LogP contribution in [0, 0.1) is 0 Å². The number of hydrogen-bond acceptors (Lipinski definition) is 4. The molecule has 1 aliphatic rings. The summed E-state index contributed by atoms with van der Waals surface area (Å²) in [5, 5.41) is 4.61. The Morgan fingerprint density at radius 2 is 1.71 bits per heavy atom. The molecule has 1 fully saturated rings. The Labute approximate surface area is 204 Å². The normalized spacial score (nSPS) is 14.1. The summed E-state index contributed by atoms with van der Waals surface area (Å²) in [6, 6.07) is 12.7. The lowest BCUT2D eigenvalue weighted by Crippen LogP contribution is -2.45. The molecule has 1 saturated carbocycles. The predicted molar refractivity (Wildman–Crippen MR) is 134 cm³/mol. The van der Waals surface area contributed by atoms with Crippen molar-refractivity contribution in [3.05, 3.63) is 69.0 Å². The summed E-state index contributed by atoms with van der Waals surface area (Å²) in [4.78, 5) is 30.8. The number of carbonyl (C=O) groups is 1. The molecule has 2 aromatic carbocycles. The van der Waals surface area contributed by atoms with Gasteiger partial charge < -0.3 is 24.7 Å². The van der Waals surface area contributed by atoms with Crippen molar-refractivity contribution in [2.45, 2.75) is 51.2 Å². The molecule has 0 bridgehead atoms. The molecule has 1 aliphatic carbocycles. The Balaban J connectivity index is 1.63. The molecule has 8 heteroatoms. The molecule has 34 heavy (non-hydrogen) atoms. The van der Waals surface area contributed by atoms with E-state index in [9.17, 15) is 9.59 Å². The minimum absolute atomic E-state index is 0.167. The summed E-state index contributed by atoms with van der Waals surface area (Å²) in [6.07, 6.45) is 5.43. The molecule has 1 aromatic heterocycles. The molecule has 1 heterocycles. The first-order valence-electron chi connectivity index (χ1n) is 11.5. The molecule has 2 amide bonds. The van der Waals surface area contributed by atoms with Gasteiger partial charge in [0.2, 0.25) is 0 Å². The van der Waals surface area contributed by atoms with E-state index >= 15 is 0 Å². The van der Waals surface area contributed by atoms with Crippen LogP contribution in [0.2, 0.25) is 5.02 Å². The number of hydrogen-bond donors (Lipinski definition) is 2. The van der Waals surface area contributed by atoms with Crippen molar-refractivity contribution in [3.63, 3.8) is 0 Å². The van der Waals surface area contributed by atoms with Crippen LogP contribution in [-0.4, -0.2) is 36.2 Å². The highest BCUT2D eigenvalue weighted by Crippen LogP contribution is 2.31. The maximum absolute atomic E-state index is 13.3. The molecular formula is C26H30ClN3O4. The second-order valence-electron chi connectivity index (χ2n) is 8.69. The van der Waals surface area contributed by atoms with E-state index in [1.165, 1.54) is 6.42 Å². The molecule has 0 spiro atoms. The Hall–Kier alpha value is -3.19. The summed E-state index contributed by atoms with van der Waals surface area (Å²) in [5.74, 6) is 1.11. The highest BCUT2D eigenvalue weighted by molar-refractivity contribution is 6.30. The van der Waals surface area contributed by atoms with Crippen molar-refractivity contribution in [2.24, 2.45) is 0 Å². The van der Waals surface area contributed by atoms with Crippen LogP contribution in [0.25, 0.3) is 10.9 Å². The SMILES string of the molecule is COc1cc2cc(CN(Cc3ccc(Cl)cc3)C(=O)NC3CCCCC3)c(=O)[nH]c2cc1OC. The third-order valence-corrected chi connectivity index (χ3v) is 6.55. The van der Waals surface area contributed by atoms with Gasteiger partial charge in [0, 0.05) is 34.6 Å². The van der Waals surface area contributed by atoms with E-state index in [4.69, 9.17) is 21.1 Å². The predicted octanol–water partition coefficient (Wildman–Crippen LogP) is 5.24. The quantitative estimate of drug-likeness (QED) is 0.481. The number of halogens is 1. The highest BCUT2D eigenvalue weighted by atomic mass is 35.5. The van der Waals surface area contributed by atoms with Crippen LogP contribution in [0.4, 0.5) is 4.79 Å². The van der Waals surface area contributed by atoms with Crippen LogP contribution in [0.5, 0.6) is 11.5 Å². The van der Waals surface area contributed by atoms with Crippen molar-refractivity contribution in [3.8, 4) is 11.5 Å². The molecule has 0 unspecified atom stereocenters. The summed E-state index contributed by atoms with van der Waals surface area (Å²) < 4.78 is 10.7. The van der Waals surface area contributed by atoms with Gasteiger partial charge in [0.25, 0.3) is 5.56 Å². The van der Waals surface area contributed by atoms with Gasteiger partial charge in [-0.2, -0.15) is 0 Å². The third kappa shape index (κ3) is 5.65. The summed E-state index contributed by atoms with van der Waals surface area (Å²) in [6.45, 7) is 0.528.